The Morgan fingerprint density at radius 1 is 1.38 bits per heavy atom. The summed E-state index contributed by atoms with van der Waals surface area (Å²) in [4.78, 5) is 22.7. The van der Waals surface area contributed by atoms with Gasteiger partial charge in [0.1, 0.15) is 0 Å². The average Bonchev–Trinajstić information content (AvgIpc) is 2.31. The Balaban J connectivity index is 2.72. The number of esters is 1. The van der Waals surface area contributed by atoms with Gasteiger partial charge in [-0.25, -0.2) is 0 Å². The van der Waals surface area contributed by atoms with E-state index < -0.39 is 17.7 Å². The second-order valence-electron chi connectivity index (χ2n) is 3.21. The first-order valence-electron chi connectivity index (χ1n) is 4.73. The Morgan fingerprint density at radius 3 is 2.50 bits per heavy atom. The highest BCUT2D eigenvalue weighted by molar-refractivity contribution is 6.02. The molecule has 0 N–H and O–H groups in total. The van der Waals surface area contributed by atoms with E-state index in [1.807, 2.05) is 6.07 Å². The van der Waals surface area contributed by atoms with E-state index in [9.17, 15) is 9.59 Å². The summed E-state index contributed by atoms with van der Waals surface area (Å²) >= 11 is 0. The Labute approximate surface area is 93.5 Å². The third kappa shape index (κ3) is 2.92. The van der Waals surface area contributed by atoms with Crippen LogP contribution in [-0.2, 0) is 20.7 Å². The molecule has 0 aliphatic heterocycles. The quantitative estimate of drug-likeness (QED) is 0.559. The van der Waals surface area contributed by atoms with Crippen LogP contribution in [0, 0.1) is 17.2 Å². The standard InChI is InChI=1S/C12H11NO3/c1-16-12(15)10(8-13)11(14)7-9-5-3-2-4-6-9/h2-6,10H,7H2,1H3. The van der Waals surface area contributed by atoms with Crippen molar-refractivity contribution in [2.24, 2.45) is 5.92 Å². The van der Waals surface area contributed by atoms with Crippen molar-refractivity contribution in [1.29, 1.82) is 5.26 Å². The zero-order valence-corrected chi connectivity index (χ0v) is 8.84. The van der Waals surface area contributed by atoms with Gasteiger partial charge >= 0.3 is 5.97 Å². The lowest BCUT2D eigenvalue weighted by molar-refractivity contribution is -0.146. The van der Waals surface area contributed by atoms with E-state index in [-0.39, 0.29) is 6.42 Å². The summed E-state index contributed by atoms with van der Waals surface area (Å²) in [5.41, 5.74) is 0.775. The molecule has 1 rings (SSSR count). The van der Waals surface area contributed by atoms with Gasteiger partial charge in [-0.05, 0) is 5.56 Å². The minimum atomic E-state index is -1.33. The van der Waals surface area contributed by atoms with E-state index in [4.69, 9.17) is 5.26 Å². The smallest absolute Gasteiger partial charge is 0.330 e. The zero-order chi connectivity index (χ0) is 12.0. The minimum absolute atomic E-state index is 0.0637. The van der Waals surface area contributed by atoms with Crippen molar-refractivity contribution in [3.63, 3.8) is 0 Å². The van der Waals surface area contributed by atoms with Gasteiger partial charge in [-0.2, -0.15) is 5.26 Å². The number of benzene rings is 1. The molecule has 16 heavy (non-hydrogen) atoms. The van der Waals surface area contributed by atoms with Crippen molar-refractivity contribution in [1.82, 2.24) is 0 Å². The number of hydrogen-bond acceptors (Lipinski definition) is 4. The normalized spacial score (nSPS) is 11.2. The molecular formula is C12H11NO3. The number of methoxy groups -OCH3 is 1. The second kappa shape index (κ2) is 5.66. The molecule has 1 atom stereocenters. The molecule has 0 heterocycles. The van der Waals surface area contributed by atoms with Gasteiger partial charge in [-0.3, -0.25) is 9.59 Å². The van der Waals surface area contributed by atoms with Crippen LogP contribution in [0.15, 0.2) is 30.3 Å². The molecule has 0 fully saturated rings. The summed E-state index contributed by atoms with van der Waals surface area (Å²) in [6, 6.07) is 10.6. The summed E-state index contributed by atoms with van der Waals surface area (Å²) < 4.78 is 4.38. The molecule has 1 unspecified atom stereocenters. The van der Waals surface area contributed by atoms with E-state index in [1.165, 1.54) is 0 Å². The fraction of sp³-hybridized carbons (Fsp3) is 0.250. The van der Waals surface area contributed by atoms with Crippen LogP contribution in [0.2, 0.25) is 0 Å². The van der Waals surface area contributed by atoms with Crippen molar-refractivity contribution in [2.75, 3.05) is 7.11 Å². The fourth-order valence-electron chi connectivity index (χ4n) is 1.27. The fourth-order valence-corrected chi connectivity index (χ4v) is 1.27. The highest BCUT2D eigenvalue weighted by Crippen LogP contribution is 2.07. The van der Waals surface area contributed by atoms with E-state index in [1.54, 1.807) is 30.3 Å². The number of carbonyl (C=O) groups is 2. The summed E-state index contributed by atoms with van der Waals surface area (Å²) in [5, 5.41) is 8.70. The molecule has 0 aliphatic rings. The Kier molecular flexibility index (Phi) is 4.22. The topological polar surface area (TPSA) is 67.2 Å². The number of nitrogens with zero attached hydrogens (tertiary/aromatic N) is 1. The predicted molar refractivity (Wildman–Crippen MR) is 56.3 cm³/mol. The summed E-state index contributed by atoms with van der Waals surface area (Å²) in [6.07, 6.45) is 0.0637. The van der Waals surface area contributed by atoms with Crippen LogP contribution >= 0.6 is 0 Å². The first kappa shape index (κ1) is 11.9. The number of rotatable bonds is 4. The molecular weight excluding hydrogens is 206 g/mol. The first-order chi connectivity index (χ1) is 7.69. The molecule has 0 aliphatic carbocycles. The number of ether oxygens (including phenoxy) is 1. The van der Waals surface area contributed by atoms with Crippen molar-refractivity contribution < 1.29 is 14.3 Å². The van der Waals surface area contributed by atoms with Crippen molar-refractivity contribution >= 4 is 11.8 Å². The van der Waals surface area contributed by atoms with Gasteiger partial charge in [0.25, 0.3) is 0 Å². The number of ketones is 1. The minimum Gasteiger partial charge on any atom is -0.468 e. The molecule has 4 heteroatoms. The van der Waals surface area contributed by atoms with Gasteiger partial charge in [0.15, 0.2) is 5.78 Å². The lowest BCUT2D eigenvalue weighted by Gasteiger charge is -2.05. The second-order valence-corrected chi connectivity index (χ2v) is 3.21. The maximum atomic E-state index is 11.6. The Bertz CT molecular complexity index is 420. The average molecular weight is 217 g/mol. The Morgan fingerprint density at radius 2 is 2.00 bits per heavy atom. The van der Waals surface area contributed by atoms with Crippen LogP contribution in [0.25, 0.3) is 0 Å². The van der Waals surface area contributed by atoms with Gasteiger partial charge in [0.05, 0.1) is 13.2 Å². The van der Waals surface area contributed by atoms with E-state index >= 15 is 0 Å². The molecule has 0 amide bonds. The largest absolute Gasteiger partial charge is 0.468 e. The molecule has 82 valence electrons. The van der Waals surface area contributed by atoms with Crippen LogP contribution < -0.4 is 0 Å². The third-order valence-electron chi connectivity index (χ3n) is 2.11. The van der Waals surface area contributed by atoms with Gasteiger partial charge < -0.3 is 4.74 Å². The van der Waals surface area contributed by atoms with Gasteiger partial charge in [0, 0.05) is 6.42 Å². The number of Topliss-reactive ketones (excluding diaryl/α,β-unsaturated/α-hetero) is 1. The number of carbonyl (C=O) groups excluding carboxylic acids is 2. The molecule has 0 saturated carbocycles. The van der Waals surface area contributed by atoms with Crippen LogP contribution in [0.4, 0.5) is 0 Å². The monoisotopic (exact) mass is 217 g/mol. The maximum Gasteiger partial charge on any atom is 0.330 e. The summed E-state index contributed by atoms with van der Waals surface area (Å²) in [7, 11) is 1.16. The first-order valence-corrected chi connectivity index (χ1v) is 4.73. The van der Waals surface area contributed by atoms with Crippen LogP contribution in [0.1, 0.15) is 5.56 Å². The number of nitriles is 1. The van der Waals surface area contributed by atoms with E-state index in [0.717, 1.165) is 12.7 Å². The van der Waals surface area contributed by atoms with Crippen LogP contribution in [0.3, 0.4) is 0 Å². The van der Waals surface area contributed by atoms with Crippen molar-refractivity contribution in [3.8, 4) is 6.07 Å². The molecule has 0 bridgehead atoms. The van der Waals surface area contributed by atoms with Crippen molar-refractivity contribution in [2.45, 2.75) is 6.42 Å². The molecule has 4 nitrogen and oxygen atoms in total. The highest BCUT2D eigenvalue weighted by atomic mass is 16.5. The molecule has 0 saturated heterocycles. The Hall–Kier alpha value is -2.15. The van der Waals surface area contributed by atoms with E-state index in [2.05, 4.69) is 4.74 Å². The third-order valence-corrected chi connectivity index (χ3v) is 2.11. The van der Waals surface area contributed by atoms with Crippen molar-refractivity contribution in [3.05, 3.63) is 35.9 Å². The van der Waals surface area contributed by atoms with Crippen LogP contribution in [-0.4, -0.2) is 18.9 Å². The van der Waals surface area contributed by atoms with Gasteiger partial charge in [0.2, 0.25) is 5.92 Å². The highest BCUT2D eigenvalue weighted by Gasteiger charge is 2.26. The SMILES string of the molecule is COC(=O)C(C#N)C(=O)Cc1ccccc1. The molecule has 1 aromatic carbocycles. The lowest BCUT2D eigenvalue weighted by Crippen LogP contribution is -2.25. The number of hydrogen-bond donors (Lipinski definition) is 0. The lowest BCUT2D eigenvalue weighted by atomic mass is 9.99. The molecule has 0 spiro atoms. The summed E-state index contributed by atoms with van der Waals surface area (Å²) in [6.45, 7) is 0. The van der Waals surface area contributed by atoms with Crippen LogP contribution in [0.5, 0.6) is 0 Å². The molecule has 0 aromatic heterocycles. The predicted octanol–water partition coefficient (Wildman–Crippen LogP) is 1.11. The molecule has 1 aromatic rings. The summed E-state index contributed by atoms with van der Waals surface area (Å²) in [5.74, 6) is -2.57. The van der Waals surface area contributed by atoms with E-state index in [0.29, 0.717) is 0 Å². The zero-order valence-electron chi connectivity index (χ0n) is 8.84. The maximum absolute atomic E-state index is 11.6. The molecule has 0 radical (unpaired) electrons. The van der Waals surface area contributed by atoms with Gasteiger partial charge in [-0.15, -0.1) is 0 Å². The van der Waals surface area contributed by atoms with Gasteiger partial charge in [-0.1, -0.05) is 30.3 Å².